The number of aromatic amines is 1. The number of amides is 1. The summed E-state index contributed by atoms with van der Waals surface area (Å²) in [5, 5.41) is 2.71. The summed E-state index contributed by atoms with van der Waals surface area (Å²) < 4.78 is 31.4. The van der Waals surface area contributed by atoms with E-state index in [-0.39, 0.29) is 13.0 Å². The number of hydrogen-bond donors (Lipinski definition) is 3. The van der Waals surface area contributed by atoms with Crippen molar-refractivity contribution in [3.8, 4) is 11.5 Å². The predicted octanol–water partition coefficient (Wildman–Crippen LogP) is 3.60. The van der Waals surface area contributed by atoms with Gasteiger partial charge in [0.2, 0.25) is 0 Å². The number of rotatable bonds is 13. The third-order valence-corrected chi connectivity index (χ3v) is 8.18. The summed E-state index contributed by atoms with van der Waals surface area (Å²) in [6.45, 7) is 2.32. The molecule has 1 amide bonds. The van der Waals surface area contributed by atoms with Gasteiger partial charge in [-0.3, -0.25) is 14.3 Å². The van der Waals surface area contributed by atoms with E-state index in [1.807, 2.05) is 78.9 Å². The topological polar surface area (TPSA) is 156 Å². The number of nitrogens with two attached hydrogens (primary N) is 1. The van der Waals surface area contributed by atoms with Crippen molar-refractivity contribution in [2.24, 2.45) is 5.73 Å². The number of benzene rings is 3. The van der Waals surface area contributed by atoms with E-state index in [1.165, 1.54) is 10.8 Å². The van der Waals surface area contributed by atoms with Crippen LogP contribution in [0.3, 0.4) is 0 Å². The van der Waals surface area contributed by atoms with Crippen LogP contribution in [0.25, 0.3) is 0 Å². The highest BCUT2D eigenvalue weighted by atomic mass is 16.6. The number of carbonyl (C=O) groups excluding carboxylic acids is 1. The molecular weight excluding hydrogens is 604 g/mol. The molecule has 1 saturated heterocycles. The highest BCUT2D eigenvalue weighted by Crippen LogP contribution is 2.43. The number of H-pyrrole nitrogens is 1. The van der Waals surface area contributed by atoms with Crippen molar-refractivity contribution in [3.05, 3.63) is 128 Å². The third-order valence-electron chi connectivity index (χ3n) is 8.18. The van der Waals surface area contributed by atoms with Crippen LogP contribution in [0.5, 0.6) is 11.5 Å². The second-order valence-corrected chi connectivity index (χ2v) is 11.2. The summed E-state index contributed by atoms with van der Waals surface area (Å²) in [6.07, 6.45) is -0.884. The van der Waals surface area contributed by atoms with Gasteiger partial charge in [0.1, 0.15) is 35.5 Å². The highest BCUT2D eigenvalue weighted by molar-refractivity contribution is 5.67. The number of nitrogens with one attached hydrogen (secondary N) is 2. The fraction of sp³-hybridized carbons (Fsp3) is 0.343. The van der Waals surface area contributed by atoms with Crippen LogP contribution in [0.15, 0.2) is 94.6 Å². The molecular formula is C35H40N4O8. The van der Waals surface area contributed by atoms with E-state index in [4.69, 9.17) is 29.4 Å². The van der Waals surface area contributed by atoms with E-state index in [9.17, 15) is 14.4 Å². The van der Waals surface area contributed by atoms with Gasteiger partial charge in [0.25, 0.3) is 5.56 Å². The molecule has 5 rings (SSSR count). The van der Waals surface area contributed by atoms with Crippen LogP contribution in [0, 0.1) is 6.92 Å². The molecule has 0 aliphatic carbocycles. The van der Waals surface area contributed by atoms with Crippen LogP contribution in [0.4, 0.5) is 4.79 Å². The number of carbonyl (C=O) groups is 1. The number of nitrogens with zero attached hydrogens (tertiary/aromatic N) is 1. The Balaban J connectivity index is 1.55. The van der Waals surface area contributed by atoms with Crippen LogP contribution in [-0.2, 0) is 19.8 Å². The summed E-state index contributed by atoms with van der Waals surface area (Å²) in [5.41, 5.74) is 6.12. The van der Waals surface area contributed by atoms with Gasteiger partial charge in [0.15, 0.2) is 0 Å². The fourth-order valence-corrected chi connectivity index (χ4v) is 5.70. The Morgan fingerprint density at radius 3 is 2.13 bits per heavy atom. The van der Waals surface area contributed by atoms with Gasteiger partial charge in [-0.1, -0.05) is 54.6 Å². The van der Waals surface area contributed by atoms with Crippen LogP contribution < -0.4 is 31.8 Å². The maximum atomic E-state index is 12.8. The van der Waals surface area contributed by atoms with Crippen molar-refractivity contribution in [2.75, 3.05) is 33.9 Å². The summed E-state index contributed by atoms with van der Waals surface area (Å²) >= 11 is 0. The molecule has 0 bridgehead atoms. The Bertz CT molecular complexity index is 1690. The molecule has 0 saturated carbocycles. The zero-order valence-corrected chi connectivity index (χ0v) is 26.6. The Labute approximate surface area is 272 Å². The van der Waals surface area contributed by atoms with Gasteiger partial charge in [-0.15, -0.1) is 0 Å². The number of methoxy groups -OCH3 is 2. The first-order chi connectivity index (χ1) is 22.8. The Morgan fingerprint density at radius 1 is 0.957 bits per heavy atom. The molecule has 3 atom stereocenters. The molecule has 2 heterocycles. The molecule has 12 heteroatoms. The monoisotopic (exact) mass is 644 g/mol. The Hall–Kier alpha value is -4.91. The maximum absolute atomic E-state index is 12.8. The normalized spacial score (nSPS) is 17.7. The molecule has 1 aromatic heterocycles. The third kappa shape index (κ3) is 7.40. The van der Waals surface area contributed by atoms with Gasteiger partial charge in [-0.2, -0.15) is 0 Å². The maximum Gasteiger partial charge on any atom is 0.407 e. The standard InChI is InChI=1S/C35H40N4O8/c1-23-21-39(33(41)38-32(23)40)31-20-29(47-34(42)37-19-7-18-36)30(46-31)22-45-35(24-8-5-4-6-9-24,25-10-14-27(43-2)15-11-25)26-12-16-28(44-3)17-13-26/h4-6,8-17,21,29-31H,7,18-20,22,36H2,1-3H3,(H,37,42)(H,38,40,41)/t29-,30+,31+/m0/s1. The molecule has 47 heavy (non-hydrogen) atoms. The highest BCUT2D eigenvalue weighted by Gasteiger charge is 2.44. The zero-order chi connectivity index (χ0) is 33.4. The molecule has 4 aromatic rings. The lowest BCUT2D eigenvalue weighted by Gasteiger charge is -2.37. The first-order valence-corrected chi connectivity index (χ1v) is 15.4. The van der Waals surface area contributed by atoms with E-state index >= 15 is 0 Å². The first kappa shape index (κ1) is 33.5. The van der Waals surface area contributed by atoms with E-state index in [0.717, 1.165) is 16.7 Å². The average molecular weight is 645 g/mol. The second-order valence-electron chi connectivity index (χ2n) is 11.2. The van der Waals surface area contributed by atoms with E-state index in [2.05, 4.69) is 10.3 Å². The van der Waals surface area contributed by atoms with Gasteiger partial charge in [-0.25, -0.2) is 9.59 Å². The van der Waals surface area contributed by atoms with Crippen molar-refractivity contribution >= 4 is 6.09 Å². The fourth-order valence-electron chi connectivity index (χ4n) is 5.70. The van der Waals surface area contributed by atoms with Crippen molar-refractivity contribution in [3.63, 3.8) is 0 Å². The van der Waals surface area contributed by atoms with Crippen LogP contribution in [0.1, 0.15) is 41.3 Å². The molecule has 1 aliphatic heterocycles. The van der Waals surface area contributed by atoms with E-state index in [0.29, 0.717) is 36.6 Å². The summed E-state index contributed by atoms with van der Waals surface area (Å²) in [7, 11) is 3.21. The number of alkyl carbamates (subject to hydrolysis) is 1. The van der Waals surface area contributed by atoms with Gasteiger partial charge in [0, 0.05) is 24.7 Å². The first-order valence-electron chi connectivity index (χ1n) is 15.4. The molecule has 3 aromatic carbocycles. The molecule has 1 aliphatic rings. The molecule has 0 spiro atoms. The van der Waals surface area contributed by atoms with E-state index < -0.39 is 41.4 Å². The number of hydrogen-bond acceptors (Lipinski definition) is 9. The molecule has 12 nitrogen and oxygen atoms in total. The van der Waals surface area contributed by atoms with Crippen LogP contribution in [-0.4, -0.2) is 61.8 Å². The molecule has 0 radical (unpaired) electrons. The van der Waals surface area contributed by atoms with Gasteiger partial charge >= 0.3 is 11.8 Å². The minimum atomic E-state index is -1.15. The SMILES string of the molecule is COc1ccc(C(OC[C@H]2O[C@@H](n3cc(C)c(=O)[nH]c3=O)C[C@@H]2OC(=O)NCCCN)(c2ccccc2)c2ccc(OC)cc2)cc1. The van der Waals surface area contributed by atoms with Crippen molar-refractivity contribution in [2.45, 2.75) is 43.8 Å². The lowest BCUT2D eigenvalue weighted by molar-refractivity contribution is -0.0954. The largest absolute Gasteiger partial charge is 0.497 e. The average Bonchev–Trinajstić information content (AvgIpc) is 3.49. The number of aromatic nitrogens is 2. The smallest absolute Gasteiger partial charge is 0.407 e. The minimum Gasteiger partial charge on any atom is -0.497 e. The number of ether oxygens (including phenoxy) is 5. The van der Waals surface area contributed by atoms with Gasteiger partial charge in [0.05, 0.1) is 20.8 Å². The molecule has 248 valence electrons. The molecule has 0 unspecified atom stereocenters. The zero-order valence-electron chi connectivity index (χ0n) is 26.6. The Morgan fingerprint density at radius 2 is 1.55 bits per heavy atom. The Kier molecular flexibility index (Phi) is 10.8. The van der Waals surface area contributed by atoms with Crippen LogP contribution >= 0.6 is 0 Å². The van der Waals surface area contributed by atoms with E-state index in [1.54, 1.807) is 21.1 Å². The summed E-state index contributed by atoms with van der Waals surface area (Å²) in [6, 6.07) is 25.0. The molecule has 1 fully saturated rings. The molecule has 4 N–H and O–H groups in total. The number of aryl methyl sites for hydroxylation is 1. The van der Waals surface area contributed by atoms with Gasteiger partial charge in [-0.05, 0) is 60.8 Å². The quantitative estimate of drug-likeness (QED) is 0.146. The second kappa shape index (κ2) is 15.1. The lowest BCUT2D eigenvalue weighted by Crippen LogP contribution is -2.40. The van der Waals surface area contributed by atoms with Crippen molar-refractivity contribution < 1.29 is 28.5 Å². The van der Waals surface area contributed by atoms with Crippen LogP contribution in [0.2, 0.25) is 0 Å². The predicted molar refractivity (Wildman–Crippen MR) is 175 cm³/mol. The van der Waals surface area contributed by atoms with Crippen molar-refractivity contribution in [1.29, 1.82) is 0 Å². The minimum absolute atomic E-state index is 0.0404. The summed E-state index contributed by atoms with van der Waals surface area (Å²) in [4.78, 5) is 40.0. The van der Waals surface area contributed by atoms with Crippen molar-refractivity contribution in [1.82, 2.24) is 14.9 Å². The summed E-state index contributed by atoms with van der Waals surface area (Å²) in [5.74, 6) is 1.37. The lowest BCUT2D eigenvalue weighted by atomic mass is 9.80. The van der Waals surface area contributed by atoms with Gasteiger partial charge < -0.3 is 34.7 Å².